The fourth-order valence-corrected chi connectivity index (χ4v) is 3.21. The van der Waals surface area contributed by atoms with Gasteiger partial charge in [0.2, 0.25) is 0 Å². The molecular formula is C21H20N4O4. The van der Waals surface area contributed by atoms with Crippen molar-refractivity contribution < 1.29 is 19.3 Å². The molecule has 3 aromatic heterocycles. The van der Waals surface area contributed by atoms with Crippen molar-refractivity contribution in [2.75, 3.05) is 33.2 Å². The van der Waals surface area contributed by atoms with Crippen molar-refractivity contribution in [1.82, 2.24) is 15.0 Å². The topological polar surface area (TPSA) is 113 Å². The first-order chi connectivity index (χ1) is 14.1. The molecule has 148 valence electrons. The number of anilines is 1. The van der Waals surface area contributed by atoms with Gasteiger partial charge in [0.1, 0.15) is 18.2 Å². The molecule has 0 aliphatic carbocycles. The minimum atomic E-state index is -0.0737. The maximum atomic E-state index is 8.95. The summed E-state index contributed by atoms with van der Waals surface area (Å²) in [5.74, 6) is 2.12. The fraction of sp³-hybridized carbons (Fsp3) is 0.190. The summed E-state index contributed by atoms with van der Waals surface area (Å²) in [6.45, 7) is 0.117. The zero-order valence-electron chi connectivity index (χ0n) is 16.0. The molecule has 0 aliphatic rings. The first-order valence-electron chi connectivity index (χ1n) is 8.94. The molecule has 0 spiro atoms. The third-order valence-electron chi connectivity index (χ3n) is 4.58. The van der Waals surface area contributed by atoms with Crippen molar-refractivity contribution >= 4 is 27.5 Å². The normalized spacial score (nSPS) is 11.0. The maximum Gasteiger partial charge on any atom is 0.162 e. The van der Waals surface area contributed by atoms with Crippen LogP contribution in [0.1, 0.15) is 0 Å². The highest BCUT2D eigenvalue weighted by molar-refractivity contribution is 6.10. The van der Waals surface area contributed by atoms with Gasteiger partial charge >= 0.3 is 0 Å². The molecule has 1 aromatic carbocycles. The smallest absolute Gasteiger partial charge is 0.162 e. The van der Waals surface area contributed by atoms with Gasteiger partial charge in [-0.15, -0.1) is 0 Å². The van der Waals surface area contributed by atoms with Crippen LogP contribution in [0, 0.1) is 0 Å². The molecular weight excluding hydrogens is 372 g/mol. The van der Waals surface area contributed by atoms with E-state index >= 15 is 0 Å². The summed E-state index contributed by atoms with van der Waals surface area (Å²) in [7, 11) is 3.18. The van der Waals surface area contributed by atoms with Crippen molar-refractivity contribution in [3.8, 4) is 28.5 Å². The van der Waals surface area contributed by atoms with E-state index in [0.717, 1.165) is 27.2 Å². The van der Waals surface area contributed by atoms with Crippen LogP contribution in [0.3, 0.4) is 0 Å². The number of hydrogen-bond donors (Lipinski definition) is 2. The van der Waals surface area contributed by atoms with Gasteiger partial charge in [0.15, 0.2) is 11.5 Å². The number of ether oxygens (including phenoxy) is 3. The predicted molar refractivity (Wildman–Crippen MR) is 110 cm³/mol. The van der Waals surface area contributed by atoms with Gasteiger partial charge in [0.25, 0.3) is 0 Å². The van der Waals surface area contributed by atoms with Crippen LogP contribution < -0.4 is 19.9 Å². The number of benzene rings is 1. The van der Waals surface area contributed by atoms with Gasteiger partial charge in [-0.25, -0.2) is 4.98 Å². The van der Waals surface area contributed by atoms with Crippen molar-refractivity contribution in [2.45, 2.75) is 0 Å². The number of aliphatic hydroxyl groups is 1. The van der Waals surface area contributed by atoms with Crippen LogP contribution in [0.15, 0.2) is 42.9 Å². The van der Waals surface area contributed by atoms with E-state index < -0.39 is 0 Å². The van der Waals surface area contributed by atoms with Gasteiger partial charge in [-0.2, -0.15) is 0 Å². The van der Waals surface area contributed by atoms with Crippen LogP contribution >= 0.6 is 0 Å². The lowest BCUT2D eigenvalue weighted by Gasteiger charge is -2.12. The summed E-state index contributed by atoms with van der Waals surface area (Å²) in [4.78, 5) is 13.2. The highest BCUT2D eigenvalue weighted by Gasteiger charge is 2.13. The number of nitrogens with zero attached hydrogens (tertiary/aromatic N) is 3. The molecule has 0 atom stereocenters. The molecule has 0 aliphatic heterocycles. The van der Waals surface area contributed by atoms with E-state index in [2.05, 4.69) is 15.0 Å². The minimum Gasteiger partial charge on any atom is -0.493 e. The molecule has 0 unspecified atom stereocenters. The number of methoxy groups -OCH3 is 2. The summed E-state index contributed by atoms with van der Waals surface area (Å²) in [6, 6.07) is 7.46. The molecule has 8 nitrogen and oxygen atoms in total. The summed E-state index contributed by atoms with van der Waals surface area (Å²) in [5.41, 5.74) is 8.39. The standard InChI is InChI=1S/C21H20N4O4/c1-27-19-7-15-14-6-17(12-5-13(10-23-9-12)29-4-3-26)25-21(22)16(14)11-24-18(15)8-20(19)28-2/h5-11,26H,3-4H2,1-2H3,(H2,22,25). The lowest BCUT2D eigenvalue weighted by Crippen LogP contribution is -2.02. The van der Waals surface area contributed by atoms with Gasteiger partial charge in [-0.3, -0.25) is 9.97 Å². The van der Waals surface area contributed by atoms with Crippen molar-refractivity contribution in [3.63, 3.8) is 0 Å². The molecule has 3 N–H and O–H groups in total. The van der Waals surface area contributed by atoms with Crippen molar-refractivity contribution in [2.24, 2.45) is 0 Å². The zero-order valence-corrected chi connectivity index (χ0v) is 16.0. The van der Waals surface area contributed by atoms with Crippen LogP contribution in [-0.2, 0) is 0 Å². The lowest BCUT2D eigenvalue weighted by molar-refractivity contribution is 0.201. The Morgan fingerprint density at radius 2 is 1.72 bits per heavy atom. The van der Waals surface area contributed by atoms with Crippen LogP contribution in [0.4, 0.5) is 5.82 Å². The second kappa shape index (κ2) is 7.76. The average molecular weight is 392 g/mol. The van der Waals surface area contributed by atoms with E-state index in [9.17, 15) is 0 Å². The molecule has 0 saturated carbocycles. The number of aliphatic hydroxyl groups excluding tert-OH is 1. The summed E-state index contributed by atoms with van der Waals surface area (Å²) in [5, 5.41) is 11.5. The van der Waals surface area contributed by atoms with Crippen molar-refractivity contribution in [1.29, 1.82) is 0 Å². The third-order valence-corrected chi connectivity index (χ3v) is 4.58. The first kappa shape index (κ1) is 18.7. The number of pyridine rings is 3. The molecule has 0 radical (unpaired) electrons. The Kier molecular flexibility index (Phi) is 5.01. The van der Waals surface area contributed by atoms with E-state index in [1.54, 1.807) is 32.8 Å². The quantitative estimate of drug-likeness (QED) is 0.482. The number of rotatable bonds is 6. The Labute approximate surface area is 166 Å². The molecule has 8 heteroatoms. The Bertz CT molecular complexity index is 1200. The Morgan fingerprint density at radius 1 is 0.931 bits per heavy atom. The molecule has 29 heavy (non-hydrogen) atoms. The SMILES string of the molecule is COc1cc2ncc3c(N)nc(-c4cncc(OCCO)c4)cc3c2cc1OC. The lowest BCUT2D eigenvalue weighted by atomic mass is 10.0. The molecule has 0 fully saturated rings. The summed E-state index contributed by atoms with van der Waals surface area (Å²) in [6.07, 6.45) is 4.97. The zero-order chi connectivity index (χ0) is 20.4. The minimum absolute atomic E-state index is 0.0737. The Hall–Kier alpha value is -3.65. The summed E-state index contributed by atoms with van der Waals surface area (Å²) < 4.78 is 16.3. The number of aromatic nitrogens is 3. The van der Waals surface area contributed by atoms with Crippen LogP contribution in [0.25, 0.3) is 32.9 Å². The number of nitrogen functional groups attached to an aromatic ring is 1. The van der Waals surface area contributed by atoms with Crippen LogP contribution in [-0.4, -0.2) is 47.5 Å². The fourth-order valence-electron chi connectivity index (χ4n) is 3.21. The second-order valence-electron chi connectivity index (χ2n) is 6.32. The highest BCUT2D eigenvalue weighted by atomic mass is 16.5. The van der Waals surface area contributed by atoms with Gasteiger partial charge in [-0.1, -0.05) is 0 Å². The average Bonchev–Trinajstić information content (AvgIpc) is 2.76. The Balaban J connectivity index is 1.92. The molecule has 4 rings (SSSR count). The molecule has 4 aromatic rings. The molecule has 0 saturated heterocycles. The van der Waals surface area contributed by atoms with Crippen molar-refractivity contribution in [3.05, 3.63) is 42.9 Å². The van der Waals surface area contributed by atoms with E-state index in [0.29, 0.717) is 28.8 Å². The molecule has 0 bridgehead atoms. The van der Waals surface area contributed by atoms with E-state index in [4.69, 9.17) is 25.1 Å². The first-order valence-corrected chi connectivity index (χ1v) is 8.94. The van der Waals surface area contributed by atoms with Gasteiger partial charge in [0, 0.05) is 34.8 Å². The van der Waals surface area contributed by atoms with E-state index in [1.165, 1.54) is 0 Å². The van der Waals surface area contributed by atoms with Gasteiger partial charge in [0.05, 0.1) is 38.2 Å². The molecule has 3 heterocycles. The van der Waals surface area contributed by atoms with E-state index in [-0.39, 0.29) is 13.2 Å². The largest absolute Gasteiger partial charge is 0.493 e. The van der Waals surface area contributed by atoms with E-state index in [1.807, 2.05) is 24.3 Å². The highest BCUT2D eigenvalue weighted by Crippen LogP contribution is 2.37. The van der Waals surface area contributed by atoms with Gasteiger partial charge in [-0.05, 0) is 23.6 Å². The second-order valence-corrected chi connectivity index (χ2v) is 6.32. The molecule has 0 amide bonds. The maximum absolute atomic E-state index is 8.95. The monoisotopic (exact) mass is 392 g/mol. The predicted octanol–water partition coefficient (Wildman–Crippen LogP) is 2.82. The van der Waals surface area contributed by atoms with Crippen LogP contribution in [0.2, 0.25) is 0 Å². The van der Waals surface area contributed by atoms with Crippen LogP contribution in [0.5, 0.6) is 17.2 Å². The Morgan fingerprint density at radius 3 is 2.48 bits per heavy atom. The number of fused-ring (bicyclic) bond motifs is 3. The third kappa shape index (κ3) is 3.45. The number of nitrogens with two attached hydrogens (primary N) is 1. The summed E-state index contributed by atoms with van der Waals surface area (Å²) >= 11 is 0. The van der Waals surface area contributed by atoms with Gasteiger partial charge < -0.3 is 25.1 Å². The number of hydrogen-bond acceptors (Lipinski definition) is 8.